The number of pyridine rings is 1. The third kappa shape index (κ3) is 5.70. The van der Waals surface area contributed by atoms with E-state index in [1.54, 1.807) is 4.90 Å². The Hall–Kier alpha value is -4.79. The monoisotopic (exact) mass is 683 g/mol. The molecule has 1 spiro atoms. The molecule has 0 radical (unpaired) electrons. The first-order valence-electron chi connectivity index (χ1n) is 17.5. The average Bonchev–Trinajstić information content (AvgIpc) is 3.36. The highest BCUT2D eigenvalue weighted by Crippen LogP contribution is 2.48. The Labute approximate surface area is 296 Å². The van der Waals surface area contributed by atoms with Crippen LogP contribution in [0.2, 0.25) is 5.04 Å². The second-order valence-corrected chi connectivity index (χ2v) is 18.9. The molecule has 7 nitrogen and oxygen atoms in total. The van der Waals surface area contributed by atoms with Gasteiger partial charge in [0.2, 0.25) is 5.91 Å². The van der Waals surface area contributed by atoms with Gasteiger partial charge in [-0.3, -0.25) is 9.78 Å². The van der Waals surface area contributed by atoms with Gasteiger partial charge in [0.05, 0.1) is 19.3 Å². The van der Waals surface area contributed by atoms with Crippen LogP contribution < -0.4 is 15.3 Å². The number of unbranched alkanes of at least 4 members (excludes halogenated alkanes) is 1. The van der Waals surface area contributed by atoms with E-state index >= 15 is 0 Å². The first-order chi connectivity index (χ1) is 24.2. The molecule has 4 aromatic carbocycles. The second kappa shape index (κ2) is 13.5. The summed E-state index contributed by atoms with van der Waals surface area (Å²) in [5.74, 6) is 0.0125. The van der Waals surface area contributed by atoms with Gasteiger partial charge < -0.3 is 19.0 Å². The molecule has 1 fully saturated rings. The van der Waals surface area contributed by atoms with Crippen molar-refractivity contribution < 1.29 is 18.8 Å². The molecule has 1 saturated heterocycles. The summed E-state index contributed by atoms with van der Waals surface area (Å²) in [6.07, 6.45) is 4.15. The minimum Gasteiger partial charge on any atom is -0.453 e. The van der Waals surface area contributed by atoms with Crippen molar-refractivity contribution in [3.05, 3.63) is 132 Å². The summed E-state index contributed by atoms with van der Waals surface area (Å²) in [6, 6.07) is 37.9. The van der Waals surface area contributed by atoms with Crippen LogP contribution in [-0.2, 0) is 32.3 Å². The number of hydrogen-bond donors (Lipinski definition) is 0. The van der Waals surface area contributed by atoms with Gasteiger partial charge in [-0.1, -0.05) is 124 Å². The van der Waals surface area contributed by atoms with Gasteiger partial charge >= 0.3 is 6.09 Å². The van der Waals surface area contributed by atoms with Crippen LogP contribution in [0.25, 0.3) is 10.8 Å². The molecule has 1 aromatic heterocycles. The van der Waals surface area contributed by atoms with Crippen molar-refractivity contribution in [3.8, 4) is 0 Å². The van der Waals surface area contributed by atoms with Crippen molar-refractivity contribution in [3.63, 3.8) is 0 Å². The first-order valence-corrected chi connectivity index (χ1v) is 19.5. The Morgan fingerprint density at radius 3 is 2.12 bits per heavy atom. The number of carbonyl (C=O) groups excluding carboxylic acids is 2. The molecule has 5 aromatic rings. The summed E-state index contributed by atoms with van der Waals surface area (Å²) in [4.78, 5) is 34.9. The van der Waals surface area contributed by atoms with E-state index in [2.05, 4.69) is 99.6 Å². The topological polar surface area (TPSA) is 72.0 Å². The van der Waals surface area contributed by atoms with E-state index in [4.69, 9.17) is 14.1 Å². The van der Waals surface area contributed by atoms with Crippen LogP contribution in [-0.4, -0.2) is 57.0 Å². The smallest absolute Gasteiger partial charge is 0.409 e. The van der Waals surface area contributed by atoms with Crippen LogP contribution in [0.5, 0.6) is 0 Å². The molecule has 3 heterocycles. The number of methoxy groups -OCH3 is 1. The van der Waals surface area contributed by atoms with Gasteiger partial charge in [-0.05, 0) is 57.3 Å². The van der Waals surface area contributed by atoms with E-state index in [-0.39, 0.29) is 10.9 Å². The number of fused-ring (bicyclic) bond motifs is 3. The molecule has 50 heavy (non-hydrogen) atoms. The normalized spacial score (nSPS) is 15.3. The number of rotatable bonds is 10. The Balaban J connectivity index is 1.13. The number of nitrogens with zero attached hydrogens (tertiary/aromatic N) is 3. The highest BCUT2D eigenvalue weighted by atomic mass is 28.4. The zero-order valence-electron chi connectivity index (χ0n) is 29.4. The molecule has 0 bridgehead atoms. The van der Waals surface area contributed by atoms with E-state index in [1.807, 2.05) is 41.4 Å². The molecule has 256 valence electrons. The number of aromatic nitrogens is 1. The Morgan fingerprint density at radius 2 is 1.46 bits per heavy atom. The molecule has 2 aliphatic heterocycles. The molecule has 0 atom stereocenters. The van der Waals surface area contributed by atoms with Gasteiger partial charge in [-0.25, -0.2) is 4.79 Å². The lowest BCUT2D eigenvalue weighted by atomic mass is 9.75. The lowest BCUT2D eigenvalue weighted by molar-refractivity contribution is -0.128. The number of hydrogen-bond acceptors (Lipinski definition) is 5. The van der Waals surface area contributed by atoms with E-state index < -0.39 is 19.8 Å². The fraction of sp³-hybridized carbons (Fsp3) is 0.310. The fourth-order valence-corrected chi connectivity index (χ4v) is 12.7. The minimum atomic E-state index is -2.61. The van der Waals surface area contributed by atoms with Crippen LogP contribution in [0.4, 0.5) is 10.5 Å². The van der Waals surface area contributed by atoms with Crippen LogP contribution in [0.15, 0.2) is 115 Å². The Morgan fingerprint density at radius 1 is 0.840 bits per heavy atom. The van der Waals surface area contributed by atoms with Crippen molar-refractivity contribution in [1.29, 1.82) is 0 Å². The van der Waals surface area contributed by atoms with Gasteiger partial charge in [-0.2, -0.15) is 0 Å². The van der Waals surface area contributed by atoms with E-state index in [0.717, 1.165) is 41.6 Å². The summed E-state index contributed by atoms with van der Waals surface area (Å²) in [5.41, 5.74) is 3.18. The average molecular weight is 684 g/mol. The molecule has 2 aliphatic rings. The van der Waals surface area contributed by atoms with Gasteiger partial charge in [-0.15, -0.1) is 0 Å². The van der Waals surface area contributed by atoms with Gasteiger partial charge in [0, 0.05) is 37.0 Å². The van der Waals surface area contributed by atoms with Crippen molar-refractivity contribution in [2.24, 2.45) is 0 Å². The van der Waals surface area contributed by atoms with Crippen LogP contribution >= 0.6 is 0 Å². The third-order valence-corrected chi connectivity index (χ3v) is 15.6. The summed E-state index contributed by atoms with van der Waals surface area (Å²) < 4.78 is 12.1. The lowest BCUT2D eigenvalue weighted by Crippen LogP contribution is -2.66. The summed E-state index contributed by atoms with van der Waals surface area (Å²) >= 11 is 0. The molecular formula is C42H45N3O4Si. The predicted molar refractivity (Wildman–Crippen MR) is 202 cm³/mol. The largest absolute Gasteiger partial charge is 0.453 e. The highest BCUT2D eigenvalue weighted by molar-refractivity contribution is 6.99. The zero-order valence-corrected chi connectivity index (χ0v) is 30.4. The second-order valence-electron chi connectivity index (χ2n) is 14.6. The number of amides is 2. The maximum absolute atomic E-state index is 14.2. The number of carbonyl (C=O) groups is 2. The van der Waals surface area contributed by atoms with E-state index in [0.29, 0.717) is 26.2 Å². The van der Waals surface area contributed by atoms with Crippen LogP contribution in [0.1, 0.15) is 50.4 Å². The van der Waals surface area contributed by atoms with Crippen LogP contribution in [0.3, 0.4) is 0 Å². The first kappa shape index (κ1) is 33.7. The maximum Gasteiger partial charge on any atom is 0.409 e. The SMILES string of the molecule is COC(=O)N1CC2(C1)C(=O)N(Cc1ncc3ccccc3c1CCCCO[Si](c1ccccc1)(c1ccccc1)C(C)(C)C)c1ccccc12. The molecular weight excluding hydrogens is 639 g/mol. The predicted octanol–water partition coefficient (Wildman–Crippen LogP) is 7.00. The molecule has 0 N–H and O–H groups in total. The minimum absolute atomic E-state index is 0.0125. The number of anilines is 1. The summed E-state index contributed by atoms with van der Waals surface area (Å²) in [5, 5.41) is 4.75. The van der Waals surface area contributed by atoms with Crippen molar-refractivity contribution in [2.75, 3.05) is 31.7 Å². The molecule has 0 aliphatic carbocycles. The Bertz CT molecular complexity index is 1970. The summed E-state index contributed by atoms with van der Waals surface area (Å²) in [7, 11) is -1.24. The lowest BCUT2D eigenvalue weighted by Gasteiger charge is -2.45. The highest BCUT2D eigenvalue weighted by Gasteiger charge is 2.59. The molecule has 8 heteroatoms. The number of ether oxygens (including phenoxy) is 1. The maximum atomic E-state index is 14.2. The Kier molecular flexibility index (Phi) is 9.09. The standard InChI is InChI=1S/C42H45N3O4Si/c1-41(2,3)50(32-18-7-5-8-19-32,33-20-9-6-10-21-33)49-26-16-15-23-35-34-22-12-11-17-31(34)27-43-37(35)28-45-38-25-14-13-24-36(38)42(39(45)46)29-44(30-42)40(47)48-4/h5-14,17-22,24-25,27H,15-16,23,26,28-30H2,1-4H3. The van der Waals surface area contributed by atoms with E-state index in [9.17, 15) is 9.59 Å². The van der Waals surface area contributed by atoms with Gasteiger partial charge in [0.15, 0.2) is 0 Å². The number of aryl methyl sites for hydroxylation is 1. The molecule has 2 amide bonds. The summed E-state index contributed by atoms with van der Waals surface area (Å²) in [6.45, 7) is 8.58. The number of para-hydroxylation sites is 1. The van der Waals surface area contributed by atoms with Crippen molar-refractivity contribution >= 4 is 47.2 Å². The van der Waals surface area contributed by atoms with Crippen molar-refractivity contribution in [2.45, 2.75) is 57.0 Å². The van der Waals surface area contributed by atoms with Gasteiger partial charge in [0.1, 0.15) is 5.41 Å². The van der Waals surface area contributed by atoms with Crippen molar-refractivity contribution in [1.82, 2.24) is 9.88 Å². The van der Waals surface area contributed by atoms with Crippen LogP contribution in [0, 0.1) is 0 Å². The van der Waals surface area contributed by atoms with E-state index in [1.165, 1.54) is 28.4 Å². The molecule has 0 unspecified atom stereocenters. The quantitative estimate of drug-likeness (QED) is 0.117. The number of likely N-dealkylation sites (tertiary alicyclic amines) is 1. The molecule has 7 rings (SSSR count). The number of benzene rings is 4. The third-order valence-electron chi connectivity index (χ3n) is 10.6. The molecule has 0 saturated carbocycles. The zero-order chi connectivity index (χ0) is 34.9. The fourth-order valence-electron chi connectivity index (χ4n) is 8.14. The van der Waals surface area contributed by atoms with Gasteiger partial charge in [0.25, 0.3) is 8.32 Å².